The highest BCUT2D eigenvalue weighted by molar-refractivity contribution is 6.30. The van der Waals surface area contributed by atoms with Crippen LogP contribution in [0.15, 0.2) is 42.7 Å². The van der Waals surface area contributed by atoms with Gasteiger partial charge in [0.1, 0.15) is 17.2 Å². The molecular weight excluding hydrogens is 350 g/mol. The number of alkyl halides is 3. The molecule has 0 radical (unpaired) electrons. The van der Waals surface area contributed by atoms with Crippen molar-refractivity contribution in [3.63, 3.8) is 0 Å². The predicted molar refractivity (Wildman–Crippen MR) is 79.6 cm³/mol. The average molecular weight is 358 g/mol. The zero-order valence-electron chi connectivity index (χ0n) is 11.7. The monoisotopic (exact) mass is 357 g/mol. The normalized spacial score (nSPS) is 11.7. The molecule has 1 aromatic carbocycles. The Bertz CT molecular complexity index is 936. The quantitative estimate of drug-likeness (QED) is 0.691. The maximum absolute atomic E-state index is 13.1. The predicted octanol–water partition coefficient (Wildman–Crippen LogP) is 4.40. The van der Waals surface area contributed by atoms with Crippen molar-refractivity contribution >= 4 is 28.8 Å². The molecule has 9 heteroatoms. The first-order valence-corrected chi connectivity index (χ1v) is 6.94. The van der Waals surface area contributed by atoms with Crippen LogP contribution in [-0.2, 0) is 6.18 Å². The Labute approximate surface area is 137 Å². The number of fused-ring (bicyclic) bond motifs is 1. The molecule has 4 nitrogen and oxygen atoms in total. The van der Waals surface area contributed by atoms with Gasteiger partial charge in [0.2, 0.25) is 0 Å². The van der Waals surface area contributed by atoms with Gasteiger partial charge in [0.15, 0.2) is 0 Å². The van der Waals surface area contributed by atoms with E-state index in [-0.39, 0.29) is 16.4 Å². The summed E-state index contributed by atoms with van der Waals surface area (Å²) in [6, 6.07) is 5.50. The standard InChI is InChI=1S/C15H8ClF4N3O/c16-8-1-3-11(10(5-8)15(18,19)20)22-14(24)12-7-23-6-9(17)2-4-13(23)21-12/h1-7H,(H,22,24). The summed E-state index contributed by atoms with van der Waals surface area (Å²) < 4.78 is 53.5. The Morgan fingerprint density at radius 2 is 1.92 bits per heavy atom. The number of amides is 1. The third-order valence-corrected chi connectivity index (χ3v) is 3.42. The molecule has 0 fully saturated rings. The molecule has 0 aliphatic carbocycles. The van der Waals surface area contributed by atoms with E-state index in [0.717, 1.165) is 24.4 Å². The number of anilines is 1. The minimum Gasteiger partial charge on any atom is -0.320 e. The Balaban J connectivity index is 1.94. The number of hydrogen-bond donors (Lipinski definition) is 1. The molecule has 124 valence electrons. The summed E-state index contributed by atoms with van der Waals surface area (Å²) in [4.78, 5) is 16.1. The van der Waals surface area contributed by atoms with Crippen molar-refractivity contribution < 1.29 is 22.4 Å². The molecule has 0 aliphatic heterocycles. The number of hydrogen-bond acceptors (Lipinski definition) is 2. The second-order valence-electron chi connectivity index (χ2n) is 4.88. The molecular formula is C15H8ClF4N3O. The number of benzene rings is 1. The molecule has 1 amide bonds. The van der Waals surface area contributed by atoms with Crippen molar-refractivity contribution in [2.24, 2.45) is 0 Å². The van der Waals surface area contributed by atoms with E-state index in [1.54, 1.807) is 0 Å². The highest BCUT2D eigenvalue weighted by Crippen LogP contribution is 2.36. The molecule has 1 N–H and O–H groups in total. The molecule has 3 rings (SSSR count). The number of imidazole rings is 1. The van der Waals surface area contributed by atoms with E-state index in [4.69, 9.17) is 11.6 Å². The molecule has 0 aliphatic rings. The van der Waals surface area contributed by atoms with Crippen molar-refractivity contribution in [3.8, 4) is 0 Å². The van der Waals surface area contributed by atoms with Gasteiger partial charge >= 0.3 is 6.18 Å². The second kappa shape index (κ2) is 5.79. The number of rotatable bonds is 2. The van der Waals surface area contributed by atoms with E-state index in [2.05, 4.69) is 10.3 Å². The lowest BCUT2D eigenvalue weighted by Crippen LogP contribution is -2.17. The lowest BCUT2D eigenvalue weighted by atomic mass is 10.1. The molecule has 2 heterocycles. The van der Waals surface area contributed by atoms with E-state index in [0.29, 0.717) is 0 Å². The summed E-state index contributed by atoms with van der Waals surface area (Å²) in [5.41, 5.74) is -1.38. The van der Waals surface area contributed by atoms with Gasteiger partial charge in [-0.05, 0) is 30.3 Å². The van der Waals surface area contributed by atoms with Gasteiger partial charge in [-0.15, -0.1) is 0 Å². The maximum Gasteiger partial charge on any atom is 0.418 e. The van der Waals surface area contributed by atoms with Gasteiger partial charge in [0.05, 0.1) is 11.3 Å². The van der Waals surface area contributed by atoms with Crippen LogP contribution in [0.5, 0.6) is 0 Å². The maximum atomic E-state index is 13.1. The van der Waals surface area contributed by atoms with Crippen LogP contribution in [0.2, 0.25) is 5.02 Å². The van der Waals surface area contributed by atoms with Crippen LogP contribution in [0.3, 0.4) is 0 Å². The fraction of sp³-hybridized carbons (Fsp3) is 0.0667. The minimum absolute atomic E-state index is 0.108. The third kappa shape index (κ3) is 3.18. The van der Waals surface area contributed by atoms with Crippen LogP contribution >= 0.6 is 11.6 Å². The Morgan fingerprint density at radius 1 is 1.17 bits per heavy atom. The topological polar surface area (TPSA) is 46.4 Å². The van der Waals surface area contributed by atoms with Crippen LogP contribution in [0.4, 0.5) is 23.2 Å². The molecule has 0 bridgehead atoms. The zero-order chi connectivity index (χ0) is 17.5. The largest absolute Gasteiger partial charge is 0.418 e. The number of nitrogens with one attached hydrogen (secondary N) is 1. The number of aromatic nitrogens is 2. The van der Waals surface area contributed by atoms with Crippen molar-refractivity contribution in [2.75, 3.05) is 5.32 Å². The van der Waals surface area contributed by atoms with Crippen molar-refractivity contribution in [2.45, 2.75) is 6.18 Å². The first-order chi connectivity index (χ1) is 11.2. The molecule has 3 aromatic rings. The summed E-state index contributed by atoms with van der Waals surface area (Å²) in [7, 11) is 0. The number of halogens is 5. The van der Waals surface area contributed by atoms with Crippen LogP contribution in [0, 0.1) is 5.82 Å². The van der Waals surface area contributed by atoms with Gasteiger partial charge in [-0.1, -0.05) is 11.6 Å². The molecule has 0 unspecified atom stereocenters. The van der Waals surface area contributed by atoms with E-state index in [1.165, 1.54) is 22.7 Å². The van der Waals surface area contributed by atoms with E-state index in [1.807, 2.05) is 0 Å². The lowest BCUT2D eigenvalue weighted by Gasteiger charge is -2.13. The SMILES string of the molecule is O=C(Nc1ccc(Cl)cc1C(F)(F)F)c1cn2cc(F)ccc2n1. The smallest absolute Gasteiger partial charge is 0.320 e. The summed E-state index contributed by atoms with van der Waals surface area (Å²) in [5, 5.41) is 2.04. The van der Waals surface area contributed by atoms with Gasteiger partial charge in [-0.2, -0.15) is 13.2 Å². The third-order valence-electron chi connectivity index (χ3n) is 3.18. The van der Waals surface area contributed by atoms with Crippen LogP contribution in [0.1, 0.15) is 16.1 Å². The van der Waals surface area contributed by atoms with Gasteiger partial charge < -0.3 is 9.72 Å². The highest BCUT2D eigenvalue weighted by atomic mass is 35.5. The number of carbonyl (C=O) groups is 1. The van der Waals surface area contributed by atoms with Crippen molar-refractivity contribution in [1.29, 1.82) is 0 Å². The minimum atomic E-state index is -4.68. The second-order valence-corrected chi connectivity index (χ2v) is 5.32. The van der Waals surface area contributed by atoms with Gasteiger partial charge in [-0.25, -0.2) is 9.37 Å². The van der Waals surface area contributed by atoms with Crippen LogP contribution < -0.4 is 5.32 Å². The summed E-state index contributed by atoms with van der Waals surface area (Å²) in [6.45, 7) is 0. The molecule has 24 heavy (non-hydrogen) atoms. The number of pyridine rings is 1. The van der Waals surface area contributed by atoms with Crippen molar-refractivity contribution in [1.82, 2.24) is 9.38 Å². The Kier molecular flexibility index (Phi) is 3.92. The Morgan fingerprint density at radius 3 is 2.62 bits per heavy atom. The molecule has 0 atom stereocenters. The first-order valence-electron chi connectivity index (χ1n) is 6.56. The zero-order valence-corrected chi connectivity index (χ0v) is 12.5. The first kappa shape index (κ1) is 16.3. The fourth-order valence-electron chi connectivity index (χ4n) is 2.12. The molecule has 0 saturated carbocycles. The van der Waals surface area contributed by atoms with Gasteiger partial charge in [0.25, 0.3) is 5.91 Å². The summed E-state index contributed by atoms with van der Waals surface area (Å²) in [6.07, 6.45) is -2.37. The average Bonchev–Trinajstić information content (AvgIpc) is 2.91. The summed E-state index contributed by atoms with van der Waals surface area (Å²) >= 11 is 5.58. The van der Waals surface area contributed by atoms with Gasteiger partial charge in [0, 0.05) is 17.4 Å². The Hall–Kier alpha value is -2.61. The van der Waals surface area contributed by atoms with Gasteiger partial charge in [-0.3, -0.25) is 4.79 Å². The number of nitrogens with zero attached hydrogens (tertiary/aromatic N) is 2. The fourth-order valence-corrected chi connectivity index (χ4v) is 2.29. The van der Waals surface area contributed by atoms with Crippen LogP contribution in [-0.4, -0.2) is 15.3 Å². The summed E-state index contributed by atoms with van der Waals surface area (Å²) in [5.74, 6) is -1.39. The molecule has 0 saturated heterocycles. The van der Waals surface area contributed by atoms with E-state index >= 15 is 0 Å². The van der Waals surface area contributed by atoms with E-state index < -0.39 is 29.2 Å². The number of carbonyl (C=O) groups excluding carboxylic acids is 1. The highest BCUT2D eigenvalue weighted by Gasteiger charge is 2.34. The molecule has 0 spiro atoms. The van der Waals surface area contributed by atoms with Crippen molar-refractivity contribution in [3.05, 3.63) is 64.8 Å². The van der Waals surface area contributed by atoms with E-state index in [9.17, 15) is 22.4 Å². The molecule has 2 aromatic heterocycles. The lowest BCUT2D eigenvalue weighted by molar-refractivity contribution is -0.136. The van der Waals surface area contributed by atoms with Crippen LogP contribution in [0.25, 0.3) is 5.65 Å².